The van der Waals surface area contributed by atoms with Gasteiger partial charge in [0.1, 0.15) is 6.61 Å². The summed E-state index contributed by atoms with van der Waals surface area (Å²) in [6.45, 7) is 3.55. The first-order valence-electron chi connectivity index (χ1n) is 5.21. The minimum atomic E-state index is -0.542. The van der Waals surface area contributed by atoms with E-state index in [0.717, 1.165) is 5.56 Å². The highest BCUT2D eigenvalue weighted by atomic mass is 16.5. The summed E-state index contributed by atoms with van der Waals surface area (Å²) in [6, 6.07) is 5.22. The summed E-state index contributed by atoms with van der Waals surface area (Å²) >= 11 is 0. The lowest BCUT2D eigenvalue weighted by Gasteiger charge is -2.14. The highest BCUT2D eigenvalue weighted by Crippen LogP contribution is 2.30. The zero-order valence-corrected chi connectivity index (χ0v) is 9.80. The Kier molecular flexibility index (Phi) is 4.58. The van der Waals surface area contributed by atoms with E-state index in [1.165, 1.54) is 7.11 Å². The molecule has 1 unspecified atom stereocenters. The molecule has 0 spiro atoms. The van der Waals surface area contributed by atoms with Gasteiger partial charge in [-0.3, -0.25) is 0 Å². The Hall–Kier alpha value is -1.26. The van der Waals surface area contributed by atoms with E-state index < -0.39 is 12.2 Å². The predicted octanol–water partition coefficient (Wildman–Crippen LogP) is 1.51. The maximum Gasteiger partial charge on any atom is 0.161 e. The SMILES string of the molecule is COc1cc([C@@H](C)O)ccc1OCC(C)O. The summed E-state index contributed by atoms with van der Waals surface area (Å²) in [7, 11) is 1.54. The second-order valence-electron chi connectivity index (χ2n) is 3.75. The molecule has 0 radical (unpaired) electrons. The maximum atomic E-state index is 9.42. The molecule has 0 heterocycles. The topological polar surface area (TPSA) is 58.9 Å². The second-order valence-corrected chi connectivity index (χ2v) is 3.75. The van der Waals surface area contributed by atoms with Crippen LogP contribution in [0, 0.1) is 0 Å². The van der Waals surface area contributed by atoms with E-state index in [-0.39, 0.29) is 6.61 Å². The standard InChI is InChI=1S/C12H18O4/c1-8(13)7-16-11-5-4-10(9(2)14)6-12(11)15-3/h4-6,8-9,13-14H,7H2,1-3H3/t8?,9-/m1/s1. The third-order valence-electron chi connectivity index (χ3n) is 2.15. The average molecular weight is 226 g/mol. The summed E-state index contributed by atoms with van der Waals surface area (Å²) in [6.07, 6.45) is -1.07. The molecule has 1 aromatic rings. The summed E-state index contributed by atoms with van der Waals surface area (Å²) in [5.74, 6) is 1.12. The van der Waals surface area contributed by atoms with Gasteiger partial charge >= 0.3 is 0 Å². The number of hydrogen-bond donors (Lipinski definition) is 2. The van der Waals surface area contributed by atoms with Gasteiger partial charge in [-0.15, -0.1) is 0 Å². The Morgan fingerprint density at radius 3 is 2.38 bits per heavy atom. The van der Waals surface area contributed by atoms with Crippen LogP contribution in [-0.4, -0.2) is 30.0 Å². The molecule has 1 rings (SSSR count). The molecular formula is C12H18O4. The normalized spacial score (nSPS) is 14.3. The van der Waals surface area contributed by atoms with Gasteiger partial charge in [0.25, 0.3) is 0 Å². The summed E-state index contributed by atoms with van der Waals surface area (Å²) in [5, 5.41) is 18.5. The zero-order chi connectivity index (χ0) is 12.1. The van der Waals surface area contributed by atoms with Crippen LogP contribution >= 0.6 is 0 Å². The molecule has 0 aliphatic heterocycles. The van der Waals surface area contributed by atoms with E-state index in [0.29, 0.717) is 11.5 Å². The predicted molar refractivity (Wildman–Crippen MR) is 60.8 cm³/mol. The van der Waals surface area contributed by atoms with Gasteiger partial charge in [-0.25, -0.2) is 0 Å². The van der Waals surface area contributed by atoms with Gasteiger partial charge in [0, 0.05) is 0 Å². The van der Waals surface area contributed by atoms with Crippen LogP contribution in [0.25, 0.3) is 0 Å². The van der Waals surface area contributed by atoms with Crippen LogP contribution in [0.3, 0.4) is 0 Å². The fourth-order valence-corrected chi connectivity index (χ4v) is 1.27. The van der Waals surface area contributed by atoms with Crippen molar-refractivity contribution in [2.24, 2.45) is 0 Å². The first-order chi connectivity index (χ1) is 7.54. The van der Waals surface area contributed by atoms with Crippen LogP contribution in [0.15, 0.2) is 18.2 Å². The van der Waals surface area contributed by atoms with Crippen molar-refractivity contribution in [3.63, 3.8) is 0 Å². The van der Waals surface area contributed by atoms with Crippen molar-refractivity contribution in [2.75, 3.05) is 13.7 Å². The molecule has 0 aliphatic carbocycles. The smallest absolute Gasteiger partial charge is 0.161 e. The molecule has 0 saturated carbocycles. The second kappa shape index (κ2) is 5.72. The van der Waals surface area contributed by atoms with E-state index in [9.17, 15) is 5.11 Å². The Balaban J connectivity index is 2.84. The van der Waals surface area contributed by atoms with Crippen LogP contribution in [0.2, 0.25) is 0 Å². The lowest BCUT2D eigenvalue weighted by atomic mass is 10.1. The number of aliphatic hydroxyl groups excluding tert-OH is 2. The lowest BCUT2D eigenvalue weighted by Crippen LogP contribution is -2.13. The molecule has 16 heavy (non-hydrogen) atoms. The Labute approximate surface area is 95.4 Å². The molecule has 90 valence electrons. The number of rotatable bonds is 5. The number of ether oxygens (including phenoxy) is 2. The molecule has 0 aromatic heterocycles. The Morgan fingerprint density at radius 2 is 1.88 bits per heavy atom. The molecule has 0 saturated heterocycles. The molecule has 0 bridgehead atoms. The van der Waals surface area contributed by atoms with Gasteiger partial charge in [0.15, 0.2) is 11.5 Å². The zero-order valence-electron chi connectivity index (χ0n) is 9.80. The number of methoxy groups -OCH3 is 1. The quantitative estimate of drug-likeness (QED) is 0.799. The number of benzene rings is 1. The van der Waals surface area contributed by atoms with E-state index in [1.807, 2.05) is 0 Å². The largest absolute Gasteiger partial charge is 0.493 e. The number of aliphatic hydroxyl groups is 2. The highest BCUT2D eigenvalue weighted by molar-refractivity contribution is 5.43. The van der Waals surface area contributed by atoms with Crippen molar-refractivity contribution in [3.8, 4) is 11.5 Å². The monoisotopic (exact) mass is 226 g/mol. The minimum Gasteiger partial charge on any atom is -0.493 e. The minimum absolute atomic E-state index is 0.213. The van der Waals surface area contributed by atoms with Gasteiger partial charge < -0.3 is 19.7 Å². The molecule has 4 heteroatoms. The molecule has 2 N–H and O–H groups in total. The van der Waals surface area contributed by atoms with Gasteiger partial charge in [0.05, 0.1) is 19.3 Å². The molecule has 0 amide bonds. The molecule has 4 nitrogen and oxygen atoms in total. The molecule has 0 aliphatic rings. The van der Waals surface area contributed by atoms with Crippen molar-refractivity contribution in [3.05, 3.63) is 23.8 Å². The highest BCUT2D eigenvalue weighted by Gasteiger charge is 2.09. The van der Waals surface area contributed by atoms with Crippen LogP contribution < -0.4 is 9.47 Å². The van der Waals surface area contributed by atoms with E-state index in [4.69, 9.17) is 14.6 Å². The van der Waals surface area contributed by atoms with Crippen molar-refractivity contribution < 1.29 is 19.7 Å². The molecule has 0 fully saturated rings. The fourth-order valence-electron chi connectivity index (χ4n) is 1.27. The first kappa shape index (κ1) is 12.8. The molecule has 1 aromatic carbocycles. The third-order valence-corrected chi connectivity index (χ3v) is 2.15. The molecule has 2 atom stereocenters. The summed E-state index contributed by atoms with van der Waals surface area (Å²) < 4.78 is 10.5. The molecular weight excluding hydrogens is 208 g/mol. The van der Waals surface area contributed by atoms with E-state index in [1.54, 1.807) is 32.0 Å². The van der Waals surface area contributed by atoms with Crippen molar-refractivity contribution in [2.45, 2.75) is 26.1 Å². The third kappa shape index (κ3) is 3.40. The van der Waals surface area contributed by atoms with E-state index >= 15 is 0 Å². The number of hydrogen-bond acceptors (Lipinski definition) is 4. The Morgan fingerprint density at radius 1 is 1.19 bits per heavy atom. The van der Waals surface area contributed by atoms with Crippen LogP contribution in [-0.2, 0) is 0 Å². The van der Waals surface area contributed by atoms with Gasteiger partial charge in [-0.2, -0.15) is 0 Å². The van der Waals surface area contributed by atoms with Crippen LogP contribution in [0.4, 0.5) is 0 Å². The van der Waals surface area contributed by atoms with Crippen molar-refractivity contribution in [1.82, 2.24) is 0 Å². The maximum absolute atomic E-state index is 9.42. The summed E-state index contributed by atoms with van der Waals surface area (Å²) in [4.78, 5) is 0. The Bertz CT molecular complexity index is 334. The summed E-state index contributed by atoms with van der Waals surface area (Å²) in [5.41, 5.74) is 0.765. The first-order valence-corrected chi connectivity index (χ1v) is 5.21. The van der Waals surface area contributed by atoms with Gasteiger partial charge in [-0.05, 0) is 31.5 Å². The van der Waals surface area contributed by atoms with Gasteiger partial charge in [0.2, 0.25) is 0 Å². The fraction of sp³-hybridized carbons (Fsp3) is 0.500. The van der Waals surface area contributed by atoms with Gasteiger partial charge in [-0.1, -0.05) is 6.07 Å². The van der Waals surface area contributed by atoms with Crippen molar-refractivity contribution >= 4 is 0 Å². The van der Waals surface area contributed by atoms with E-state index in [2.05, 4.69) is 0 Å². The van der Waals surface area contributed by atoms with Crippen LogP contribution in [0.1, 0.15) is 25.5 Å². The lowest BCUT2D eigenvalue weighted by molar-refractivity contribution is 0.120. The average Bonchev–Trinajstić information content (AvgIpc) is 2.25. The van der Waals surface area contributed by atoms with Crippen molar-refractivity contribution in [1.29, 1.82) is 0 Å². The van der Waals surface area contributed by atoms with Crippen LogP contribution in [0.5, 0.6) is 11.5 Å².